The molecule has 6 heteroatoms. The summed E-state index contributed by atoms with van der Waals surface area (Å²) in [6, 6.07) is 12.1. The summed E-state index contributed by atoms with van der Waals surface area (Å²) in [4.78, 5) is -0.362. The number of rotatable bonds is 4. The van der Waals surface area contributed by atoms with E-state index in [-0.39, 0.29) is 11.4 Å². The SMILES string of the molecule is Nc1cccc(CNS(=O)(=O)c2ccccc2F)c1. The van der Waals surface area contributed by atoms with E-state index in [1.54, 1.807) is 24.3 Å². The van der Waals surface area contributed by atoms with Gasteiger partial charge in [0.1, 0.15) is 10.7 Å². The zero-order valence-electron chi connectivity index (χ0n) is 10.0. The van der Waals surface area contributed by atoms with Crippen LogP contribution in [-0.4, -0.2) is 8.42 Å². The summed E-state index contributed by atoms with van der Waals surface area (Å²) in [7, 11) is -3.87. The molecule has 4 nitrogen and oxygen atoms in total. The van der Waals surface area contributed by atoms with Crippen molar-refractivity contribution in [2.75, 3.05) is 5.73 Å². The zero-order chi connectivity index (χ0) is 13.9. The van der Waals surface area contributed by atoms with Gasteiger partial charge < -0.3 is 5.73 Å². The molecular formula is C13H13FN2O2S. The van der Waals surface area contributed by atoms with E-state index in [9.17, 15) is 12.8 Å². The van der Waals surface area contributed by atoms with Crippen molar-refractivity contribution in [2.45, 2.75) is 11.4 Å². The van der Waals surface area contributed by atoms with Crippen molar-refractivity contribution in [1.29, 1.82) is 0 Å². The van der Waals surface area contributed by atoms with E-state index in [0.717, 1.165) is 6.07 Å². The van der Waals surface area contributed by atoms with Gasteiger partial charge in [-0.2, -0.15) is 0 Å². The van der Waals surface area contributed by atoms with Crippen molar-refractivity contribution in [3.63, 3.8) is 0 Å². The minimum absolute atomic E-state index is 0.0572. The van der Waals surface area contributed by atoms with Crippen LogP contribution in [0.2, 0.25) is 0 Å². The number of hydrogen-bond acceptors (Lipinski definition) is 3. The molecule has 100 valence electrons. The fourth-order valence-electron chi connectivity index (χ4n) is 1.62. The molecule has 19 heavy (non-hydrogen) atoms. The molecule has 0 unspecified atom stereocenters. The molecule has 2 aromatic carbocycles. The summed E-state index contributed by atoms with van der Waals surface area (Å²) in [5.74, 6) is -0.775. The minimum atomic E-state index is -3.87. The first-order chi connectivity index (χ1) is 8.99. The fourth-order valence-corrected chi connectivity index (χ4v) is 2.72. The van der Waals surface area contributed by atoms with Gasteiger partial charge in [0.05, 0.1) is 0 Å². The number of nitrogen functional groups attached to an aromatic ring is 1. The summed E-state index contributed by atoms with van der Waals surface area (Å²) >= 11 is 0. The third-order valence-electron chi connectivity index (χ3n) is 2.54. The third kappa shape index (κ3) is 3.30. The highest BCUT2D eigenvalue weighted by molar-refractivity contribution is 7.89. The molecule has 0 amide bonds. The van der Waals surface area contributed by atoms with Crippen LogP contribution in [0.15, 0.2) is 53.4 Å². The van der Waals surface area contributed by atoms with E-state index >= 15 is 0 Å². The molecule has 0 saturated heterocycles. The van der Waals surface area contributed by atoms with E-state index in [1.807, 2.05) is 0 Å². The quantitative estimate of drug-likeness (QED) is 0.840. The highest BCUT2D eigenvalue weighted by atomic mass is 32.2. The second-order valence-corrected chi connectivity index (χ2v) is 5.74. The van der Waals surface area contributed by atoms with Gasteiger partial charge in [-0.15, -0.1) is 0 Å². The highest BCUT2D eigenvalue weighted by Gasteiger charge is 2.17. The molecule has 0 radical (unpaired) electrons. The van der Waals surface area contributed by atoms with Crippen LogP contribution in [0.4, 0.5) is 10.1 Å². The lowest BCUT2D eigenvalue weighted by Crippen LogP contribution is -2.24. The molecule has 0 aliphatic carbocycles. The number of benzene rings is 2. The molecule has 0 aliphatic heterocycles. The molecule has 2 aromatic rings. The fraction of sp³-hybridized carbons (Fsp3) is 0.0769. The van der Waals surface area contributed by atoms with Gasteiger partial charge >= 0.3 is 0 Å². The van der Waals surface area contributed by atoms with Crippen molar-refractivity contribution in [3.05, 3.63) is 59.9 Å². The molecule has 0 atom stereocenters. The molecule has 2 rings (SSSR count). The second kappa shape index (κ2) is 5.38. The first-order valence-electron chi connectivity index (χ1n) is 5.58. The number of sulfonamides is 1. The Morgan fingerprint density at radius 3 is 2.53 bits per heavy atom. The molecule has 0 aliphatic rings. The monoisotopic (exact) mass is 280 g/mol. The van der Waals surface area contributed by atoms with E-state index in [4.69, 9.17) is 5.73 Å². The van der Waals surface area contributed by atoms with Crippen LogP contribution in [-0.2, 0) is 16.6 Å². The lowest BCUT2D eigenvalue weighted by Gasteiger charge is -2.08. The summed E-state index contributed by atoms with van der Waals surface area (Å²) in [6.07, 6.45) is 0. The van der Waals surface area contributed by atoms with Crippen LogP contribution >= 0.6 is 0 Å². The maximum Gasteiger partial charge on any atom is 0.243 e. The number of nitrogens with two attached hydrogens (primary N) is 1. The van der Waals surface area contributed by atoms with Gasteiger partial charge in [0.15, 0.2) is 0 Å². The number of halogens is 1. The van der Waals surface area contributed by atoms with E-state index in [2.05, 4.69) is 4.72 Å². The van der Waals surface area contributed by atoms with Gasteiger partial charge in [0.25, 0.3) is 0 Å². The topological polar surface area (TPSA) is 72.2 Å². The standard InChI is InChI=1S/C13H13FN2O2S/c14-12-6-1-2-7-13(12)19(17,18)16-9-10-4-3-5-11(15)8-10/h1-8,16H,9,15H2. The Morgan fingerprint density at radius 2 is 1.84 bits per heavy atom. The molecule has 0 saturated carbocycles. The van der Waals surface area contributed by atoms with Crippen molar-refractivity contribution in [1.82, 2.24) is 4.72 Å². The average molecular weight is 280 g/mol. The smallest absolute Gasteiger partial charge is 0.243 e. The molecule has 3 N–H and O–H groups in total. The number of nitrogens with one attached hydrogen (secondary N) is 1. The molecule has 0 spiro atoms. The largest absolute Gasteiger partial charge is 0.399 e. The summed E-state index contributed by atoms with van der Waals surface area (Å²) in [6.45, 7) is 0.0572. The zero-order valence-corrected chi connectivity index (χ0v) is 10.8. The Balaban J connectivity index is 2.17. The molecular weight excluding hydrogens is 267 g/mol. The predicted molar refractivity (Wildman–Crippen MR) is 71.3 cm³/mol. The predicted octanol–water partition coefficient (Wildman–Crippen LogP) is 1.89. The number of anilines is 1. The van der Waals surface area contributed by atoms with Crippen molar-refractivity contribution < 1.29 is 12.8 Å². The Morgan fingerprint density at radius 1 is 1.11 bits per heavy atom. The first kappa shape index (κ1) is 13.5. The lowest BCUT2D eigenvalue weighted by molar-refractivity contribution is 0.557. The Labute approximate surface area is 111 Å². The van der Waals surface area contributed by atoms with Crippen LogP contribution < -0.4 is 10.5 Å². The first-order valence-corrected chi connectivity index (χ1v) is 7.06. The third-order valence-corrected chi connectivity index (χ3v) is 3.98. The Hall–Kier alpha value is -1.92. The van der Waals surface area contributed by atoms with Crippen molar-refractivity contribution >= 4 is 15.7 Å². The molecule has 0 heterocycles. The lowest BCUT2D eigenvalue weighted by atomic mass is 10.2. The normalized spacial score (nSPS) is 11.4. The Bertz CT molecular complexity index is 687. The van der Waals surface area contributed by atoms with Crippen LogP contribution in [0.25, 0.3) is 0 Å². The molecule has 0 aromatic heterocycles. The van der Waals surface area contributed by atoms with Gasteiger partial charge in [-0.1, -0.05) is 24.3 Å². The molecule has 0 bridgehead atoms. The van der Waals surface area contributed by atoms with Gasteiger partial charge in [-0.3, -0.25) is 0 Å². The van der Waals surface area contributed by atoms with Crippen LogP contribution in [0.5, 0.6) is 0 Å². The van der Waals surface area contributed by atoms with Crippen molar-refractivity contribution in [3.8, 4) is 0 Å². The number of hydrogen-bond donors (Lipinski definition) is 2. The van der Waals surface area contributed by atoms with Crippen LogP contribution in [0.1, 0.15) is 5.56 Å². The van der Waals surface area contributed by atoms with Gasteiger partial charge in [0.2, 0.25) is 10.0 Å². The maximum atomic E-state index is 13.4. The van der Waals surface area contributed by atoms with Gasteiger partial charge in [-0.25, -0.2) is 17.5 Å². The Kier molecular flexibility index (Phi) is 3.82. The van der Waals surface area contributed by atoms with Crippen molar-refractivity contribution in [2.24, 2.45) is 0 Å². The van der Waals surface area contributed by atoms with E-state index in [0.29, 0.717) is 11.3 Å². The maximum absolute atomic E-state index is 13.4. The van der Waals surface area contributed by atoms with E-state index < -0.39 is 15.8 Å². The van der Waals surface area contributed by atoms with Crippen LogP contribution in [0.3, 0.4) is 0 Å². The van der Waals surface area contributed by atoms with Gasteiger partial charge in [0, 0.05) is 12.2 Å². The van der Waals surface area contributed by atoms with Crippen LogP contribution in [0, 0.1) is 5.82 Å². The average Bonchev–Trinajstić information content (AvgIpc) is 2.37. The molecule has 0 fully saturated rings. The van der Waals surface area contributed by atoms with E-state index in [1.165, 1.54) is 18.2 Å². The summed E-state index contributed by atoms with van der Waals surface area (Å²) in [5, 5.41) is 0. The minimum Gasteiger partial charge on any atom is -0.399 e. The van der Waals surface area contributed by atoms with Gasteiger partial charge in [-0.05, 0) is 29.8 Å². The second-order valence-electron chi connectivity index (χ2n) is 4.00. The summed E-state index contributed by atoms with van der Waals surface area (Å²) < 4.78 is 39.6. The highest BCUT2D eigenvalue weighted by Crippen LogP contribution is 2.14. The summed E-state index contributed by atoms with van der Waals surface area (Å²) in [5.41, 5.74) is 6.85.